The number of Topliss-reactive ketones (excluding diaryl/α,β-unsaturated/α-hetero) is 1. The second-order valence-electron chi connectivity index (χ2n) is 8.22. The Balaban J connectivity index is 1.76. The zero-order valence-corrected chi connectivity index (χ0v) is 19.5. The molecular weight excluding hydrogens is 494 g/mol. The van der Waals surface area contributed by atoms with Crippen molar-refractivity contribution in [2.24, 2.45) is 5.73 Å². The fraction of sp³-hybridized carbons (Fsp3) is 0.160. The number of amides is 2. The number of halogens is 4. The van der Waals surface area contributed by atoms with E-state index in [1.807, 2.05) is 0 Å². The molecular formula is C25H19F4N5O3. The molecule has 37 heavy (non-hydrogen) atoms. The van der Waals surface area contributed by atoms with Crippen molar-refractivity contribution in [2.75, 3.05) is 5.32 Å². The van der Waals surface area contributed by atoms with Gasteiger partial charge in [-0.15, -0.1) is 0 Å². The summed E-state index contributed by atoms with van der Waals surface area (Å²) in [4.78, 5) is 40.2. The van der Waals surface area contributed by atoms with E-state index in [4.69, 9.17) is 5.73 Å². The van der Waals surface area contributed by atoms with Crippen molar-refractivity contribution in [3.8, 4) is 0 Å². The molecule has 0 spiro atoms. The lowest BCUT2D eigenvalue weighted by Crippen LogP contribution is -2.20. The number of aromatic nitrogens is 3. The molecule has 0 bridgehead atoms. The van der Waals surface area contributed by atoms with E-state index in [0.717, 1.165) is 16.8 Å². The van der Waals surface area contributed by atoms with Crippen LogP contribution >= 0.6 is 0 Å². The van der Waals surface area contributed by atoms with Crippen LogP contribution < -0.4 is 11.1 Å². The molecule has 0 aliphatic carbocycles. The Hall–Kier alpha value is -4.61. The van der Waals surface area contributed by atoms with E-state index in [-0.39, 0.29) is 34.6 Å². The third-order valence-electron chi connectivity index (χ3n) is 5.69. The van der Waals surface area contributed by atoms with Crippen LogP contribution in [0.5, 0.6) is 0 Å². The average Bonchev–Trinajstić information content (AvgIpc) is 3.14. The van der Waals surface area contributed by atoms with Crippen molar-refractivity contribution in [3.63, 3.8) is 0 Å². The summed E-state index contributed by atoms with van der Waals surface area (Å²) in [6.45, 7) is 2.64. The topological polar surface area (TPSA) is 120 Å². The molecule has 2 heterocycles. The number of anilines is 1. The molecule has 0 aliphatic rings. The number of hydrogen-bond donors (Lipinski definition) is 2. The van der Waals surface area contributed by atoms with E-state index < -0.39 is 40.8 Å². The summed E-state index contributed by atoms with van der Waals surface area (Å²) in [5.74, 6) is -3.13. The van der Waals surface area contributed by atoms with Gasteiger partial charge in [-0.25, -0.2) is 9.37 Å². The Morgan fingerprint density at radius 3 is 2.35 bits per heavy atom. The Bertz CT molecular complexity index is 1560. The first-order valence-electron chi connectivity index (χ1n) is 10.8. The van der Waals surface area contributed by atoms with Gasteiger partial charge in [-0.1, -0.05) is 30.3 Å². The van der Waals surface area contributed by atoms with Gasteiger partial charge in [-0.3, -0.25) is 19.1 Å². The Kier molecular flexibility index (Phi) is 6.51. The highest BCUT2D eigenvalue weighted by Gasteiger charge is 2.39. The highest BCUT2D eigenvalue weighted by Crippen LogP contribution is 2.36. The highest BCUT2D eigenvalue weighted by molar-refractivity contribution is 6.14. The smallest absolute Gasteiger partial charge is 0.364 e. The van der Waals surface area contributed by atoms with Crippen molar-refractivity contribution in [1.82, 2.24) is 14.8 Å². The fourth-order valence-electron chi connectivity index (χ4n) is 3.80. The maximum atomic E-state index is 14.6. The first-order chi connectivity index (χ1) is 17.4. The zero-order valence-electron chi connectivity index (χ0n) is 19.5. The molecule has 4 rings (SSSR count). The number of primary amides is 1. The van der Waals surface area contributed by atoms with Crippen LogP contribution in [0.15, 0.2) is 48.5 Å². The lowest BCUT2D eigenvalue weighted by molar-refractivity contribution is -0.140. The number of carbonyl (C=O) groups excluding carboxylic acids is 3. The third-order valence-corrected chi connectivity index (χ3v) is 5.69. The van der Waals surface area contributed by atoms with Gasteiger partial charge in [-0.2, -0.15) is 18.3 Å². The fourth-order valence-corrected chi connectivity index (χ4v) is 3.80. The number of nitrogens with zero attached hydrogens (tertiary/aromatic N) is 3. The van der Waals surface area contributed by atoms with E-state index in [2.05, 4.69) is 15.4 Å². The van der Waals surface area contributed by atoms with Crippen molar-refractivity contribution in [1.29, 1.82) is 0 Å². The molecule has 0 atom stereocenters. The number of carbonyl (C=O) groups is 3. The van der Waals surface area contributed by atoms with Crippen LogP contribution in [0.1, 0.15) is 55.1 Å². The predicted molar refractivity (Wildman–Crippen MR) is 126 cm³/mol. The molecule has 8 nitrogen and oxygen atoms in total. The summed E-state index contributed by atoms with van der Waals surface area (Å²) in [6.07, 6.45) is -4.93. The van der Waals surface area contributed by atoms with Gasteiger partial charge in [0, 0.05) is 10.9 Å². The van der Waals surface area contributed by atoms with Crippen LogP contribution in [-0.2, 0) is 12.7 Å². The second-order valence-corrected chi connectivity index (χ2v) is 8.22. The molecule has 3 N–H and O–H groups in total. The number of ketones is 1. The predicted octanol–water partition coefficient (Wildman–Crippen LogP) is 4.50. The largest absolute Gasteiger partial charge is 0.437 e. The SMILES string of the molecule is CC(=O)c1ccc(Cn2nc(C(F)(F)F)c(NC(=O)c3cc(C(N)=O)nc4cccc(F)c34)c2C)cc1. The lowest BCUT2D eigenvalue weighted by Gasteiger charge is -2.12. The standard InChI is InChI=1S/C25H19F4N5O3/c1-12-21(22(25(27,28)29)33-34(12)11-14-6-8-15(9-7-14)13(2)35)32-24(37)16-10-19(23(30)36)31-18-5-3-4-17(26)20(16)18/h3-10H,11H2,1-2H3,(H2,30,36)(H,32,37). The minimum atomic E-state index is -4.93. The van der Waals surface area contributed by atoms with Crippen LogP contribution in [0, 0.1) is 12.7 Å². The summed E-state index contributed by atoms with van der Waals surface area (Å²) in [7, 11) is 0. The average molecular weight is 513 g/mol. The van der Waals surface area contributed by atoms with E-state index in [1.165, 1.54) is 26.0 Å². The number of hydrogen-bond acceptors (Lipinski definition) is 5. The van der Waals surface area contributed by atoms with Crippen LogP contribution in [-0.4, -0.2) is 32.4 Å². The van der Waals surface area contributed by atoms with Crippen LogP contribution in [0.3, 0.4) is 0 Å². The number of rotatable bonds is 6. The first kappa shape index (κ1) is 25.5. The minimum absolute atomic E-state index is 0.0229. The van der Waals surface area contributed by atoms with E-state index in [9.17, 15) is 31.9 Å². The van der Waals surface area contributed by atoms with Crippen LogP contribution in [0.2, 0.25) is 0 Å². The number of alkyl halides is 3. The second kappa shape index (κ2) is 9.45. The quantitative estimate of drug-likeness (QED) is 0.291. The van der Waals surface area contributed by atoms with Gasteiger partial charge >= 0.3 is 6.18 Å². The van der Waals surface area contributed by atoms with Gasteiger partial charge in [0.05, 0.1) is 29.0 Å². The molecule has 4 aromatic rings. The number of pyridine rings is 1. The van der Waals surface area contributed by atoms with E-state index >= 15 is 0 Å². The zero-order chi connectivity index (χ0) is 27.1. The van der Waals surface area contributed by atoms with Crippen LogP contribution in [0.4, 0.5) is 23.2 Å². The highest BCUT2D eigenvalue weighted by atomic mass is 19.4. The summed E-state index contributed by atoms with van der Waals surface area (Å²) in [5.41, 5.74) is 3.42. The number of benzene rings is 2. The van der Waals surface area contributed by atoms with Gasteiger partial charge < -0.3 is 11.1 Å². The number of nitrogens with one attached hydrogen (secondary N) is 1. The normalized spacial score (nSPS) is 11.5. The van der Waals surface area contributed by atoms with Gasteiger partial charge in [-0.05, 0) is 37.6 Å². The molecule has 2 amide bonds. The molecule has 0 radical (unpaired) electrons. The summed E-state index contributed by atoms with van der Waals surface area (Å²) < 4.78 is 57.3. The van der Waals surface area contributed by atoms with Gasteiger partial charge in [0.25, 0.3) is 11.8 Å². The monoisotopic (exact) mass is 513 g/mol. The molecule has 0 saturated heterocycles. The molecule has 12 heteroatoms. The Morgan fingerprint density at radius 1 is 1.08 bits per heavy atom. The molecule has 190 valence electrons. The summed E-state index contributed by atoms with van der Waals surface area (Å²) in [5, 5.41) is 5.56. The van der Waals surface area contributed by atoms with Gasteiger partial charge in [0.1, 0.15) is 11.5 Å². The molecule has 2 aromatic heterocycles. The minimum Gasteiger partial charge on any atom is -0.364 e. The Labute approximate surface area is 207 Å². The molecule has 2 aromatic carbocycles. The van der Waals surface area contributed by atoms with E-state index in [0.29, 0.717) is 11.1 Å². The Morgan fingerprint density at radius 2 is 1.76 bits per heavy atom. The van der Waals surface area contributed by atoms with Crippen molar-refractivity contribution in [3.05, 3.63) is 88.1 Å². The molecule has 0 fully saturated rings. The molecule has 0 aliphatic heterocycles. The van der Waals surface area contributed by atoms with Gasteiger partial charge in [0.2, 0.25) is 0 Å². The van der Waals surface area contributed by atoms with Crippen molar-refractivity contribution >= 4 is 34.2 Å². The molecule has 0 saturated carbocycles. The molecule has 0 unspecified atom stereocenters. The van der Waals surface area contributed by atoms with E-state index in [1.54, 1.807) is 24.3 Å². The maximum Gasteiger partial charge on any atom is 0.437 e. The lowest BCUT2D eigenvalue weighted by atomic mass is 10.1. The third kappa shape index (κ3) is 5.03. The summed E-state index contributed by atoms with van der Waals surface area (Å²) >= 11 is 0. The first-order valence-corrected chi connectivity index (χ1v) is 10.8. The van der Waals surface area contributed by atoms with Crippen molar-refractivity contribution in [2.45, 2.75) is 26.6 Å². The van der Waals surface area contributed by atoms with Crippen molar-refractivity contribution < 1.29 is 31.9 Å². The van der Waals surface area contributed by atoms with Crippen LogP contribution in [0.25, 0.3) is 10.9 Å². The number of fused-ring (bicyclic) bond motifs is 1. The van der Waals surface area contributed by atoms with Gasteiger partial charge in [0.15, 0.2) is 11.5 Å². The maximum absolute atomic E-state index is 14.6. The summed E-state index contributed by atoms with van der Waals surface area (Å²) in [6, 6.07) is 10.9. The number of nitrogens with two attached hydrogens (primary N) is 1.